The lowest BCUT2D eigenvalue weighted by Crippen LogP contribution is -2.49. The Morgan fingerprint density at radius 3 is 2.31 bits per heavy atom. The van der Waals surface area contributed by atoms with Gasteiger partial charge >= 0.3 is 0 Å². The van der Waals surface area contributed by atoms with E-state index in [1.807, 2.05) is 48.2 Å². The van der Waals surface area contributed by atoms with Crippen LogP contribution < -0.4 is 15.0 Å². The summed E-state index contributed by atoms with van der Waals surface area (Å²) >= 11 is 0. The number of aromatic nitrogens is 2. The third-order valence-electron chi connectivity index (χ3n) is 5.85. The number of nitrogens with zero attached hydrogens (tertiary/aromatic N) is 4. The quantitative estimate of drug-likeness (QED) is 0.511. The number of anilines is 2. The highest BCUT2D eigenvalue weighted by Crippen LogP contribution is 2.28. The molecule has 0 spiro atoms. The SMILES string of the molecule is CCCC(=O)Nc1ccc(S(=O)(=O)N2CCN(c3ccc(-c4ccccc4OC)nn3)CC2)cc1. The third-order valence-corrected chi connectivity index (χ3v) is 7.76. The Bertz CT molecular complexity index is 1260. The minimum absolute atomic E-state index is 0.0849. The molecule has 2 aromatic carbocycles. The fraction of sp³-hybridized carbons (Fsp3) is 0.320. The zero-order valence-corrected chi connectivity index (χ0v) is 20.7. The van der Waals surface area contributed by atoms with Crippen molar-refractivity contribution in [3.05, 3.63) is 60.7 Å². The summed E-state index contributed by atoms with van der Waals surface area (Å²) in [4.78, 5) is 14.0. The van der Waals surface area contributed by atoms with Crippen LogP contribution in [0.3, 0.4) is 0 Å². The van der Waals surface area contributed by atoms with E-state index in [0.717, 1.165) is 17.7 Å². The number of benzene rings is 2. The topological polar surface area (TPSA) is 105 Å². The first-order valence-electron chi connectivity index (χ1n) is 11.5. The molecule has 0 atom stereocenters. The first kappa shape index (κ1) is 24.6. The van der Waals surface area contributed by atoms with Crippen molar-refractivity contribution in [3.8, 4) is 17.0 Å². The number of hydrogen-bond acceptors (Lipinski definition) is 7. The number of para-hydroxylation sites is 1. The maximum absolute atomic E-state index is 13.1. The average Bonchev–Trinajstić information content (AvgIpc) is 2.89. The van der Waals surface area contributed by atoms with Gasteiger partial charge in [0.2, 0.25) is 15.9 Å². The largest absolute Gasteiger partial charge is 0.496 e. The molecule has 9 nitrogen and oxygen atoms in total. The number of carbonyl (C=O) groups is 1. The van der Waals surface area contributed by atoms with Gasteiger partial charge in [-0.1, -0.05) is 19.1 Å². The van der Waals surface area contributed by atoms with Gasteiger partial charge < -0.3 is 15.0 Å². The molecule has 1 aromatic heterocycles. The number of sulfonamides is 1. The van der Waals surface area contributed by atoms with Crippen LogP contribution in [0.2, 0.25) is 0 Å². The molecule has 2 heterocycles. The van der Waals surface area contributed by atoms with Crippen molar-refractivity contribution in [3.63, 3.8) is 0 Å². The number of methoxy groups -OCH3 is 1. The van der Waals surface area contributed by atoms with Gasteiger partial charge in [-0.25, -0.2) is 8.42 Å². The van der Waals surface area contributed by atoms with E-state index in [0.29, 0.717) is 49.8 Å². The Hall–Kier alpha value is -3.50. The summed E-state index contributed by atoms with van der Waals surface area (Å²) in [6.07, 6.45) is 1.18. The smallest absolute Gasteiger partial charge is 0.243 e. The van der Waals surface area contributed by atoms with Crippen molar-refractivity contribution in [1.82, 2.24) is 14.5 Å². The maximum atomic E-state index is 13.1. The number of carbonyl (C=O) groups excluding carboxylic acids is 1. The highest BCUT2D eigenvalue weighted by molar-refractivity contribution is 7.89. The number of piperazine rings is 1. The predicted molar refractivity (Wildman–Crippen MR) is 135 cm³/mol. The van der Waals surface area contributed by atoms with Crippen molar-refractivity contribution in [2.24, 2.45) is 0 Å². The van der Waals surface area contributed by atoms with Gasteiger partial charge in [-0.2, -0.15) is 4.31 Å². The molecule has 1 N–H and O–H groups in total. The van der Waals surface area contributed by atoms with Crippen LogP contribution in [0.25, 0.3) is 11.3 Å². The lowest BCUT2D eigenvalue weighted by molar-refractivity contribution is -0.116. The second-order valence-electron chi connectivity index (χ2n) is 8.19. The lowest BCUT2D eigenvalue weighted by atomic mass is 10.1. The zero-order valence-electron chi connectivity index (χ0n) is 19.8. The number of rotatable bonds is 8. The van der Waals surface area contributed by atoms with Crippen LogP contribution in [0.4, 0.5) is 11.5 Å². The van der Waals surface area contributed by atoms with Gasteiger partial charge in [0, 0.05) is 43.9 Å². The molecule has 3 aromatic rings. The highest BCUT2D eigenvalue weighted by Gasteiger charge is 2.29. The zero-order chi connectivity index (χ0) is 24.8. The van der Waals surface area contributed by atoms with E-state index in [-0.39, 0.29) is 10.8 Å². The van der Waals surface area contributed by atoms with E-state index in [2.05, 4.69) is 15.5 Å². The standard InChI is InChI=1S/C25H29N5O4S/c1-3-6-25(31)26-19-9-11-20(12-10-19)35(32,33)30-17-15-29(16-18-30)24-14-13-22(27-28-24)21-7-4-5-8-23(21)34-2/h4-5,7-14H,3,6,15-18H2,1-2H3,(H,26,31). The van der Waals surface area contributed by atoms with Crippen molar-refractivity contribution in [1.29, 1.82) is 0 Å². The van der Waals surface area contributed by atoms with E-state index < -0.39 is 10.0 Å². The Morgan fingerprint density at radius 1 is 0.971 bits per heavy atom. The van der Waals surface area contributed by atoms with E-state index in [4.69, 9.17) is 4.74 Å². The number of amides is 1. The molecule has 1 fully saturated rings. The van der Waals surface area contributed by atoms with Crippen molar-refractivity contribution in [2.45, 2.75) is 24.7 Å². The fourth-order valence-electron chi connectivity index (χ4n) is 3.96. The van der Waals surface area contributed by atoms with Crippen LogP contribution in [0, 0.1) is 0 Å². The molecule has 0 saturated carbocycles. The van der Waals surface area contributed by atoms with E-state index in [1.165, 1.54) is 16.4 Å². The predicted octanol–water partition coefficient (Wildman–Crippen LogP) is 3.40. The van der Waals surface area contributed by atoms with Crippen LogP contribution in [-0.4, -0.2) is 62.1 Å². The molecule has 1 aliphatic heterocycles. The van der Waals surface area contributed by atoms with Crippen LogP contribution >= 0.6 is 0 Å². The molecule has 1 aliphatic rings. The minimum Gasteiger partial charge on any atom is -0.496 e. The normalized spacial score (nSPS) is 14.5. The number of ether oxygens (including phenoxy) is 1. The highest BCUT2D eigenvalue weighted by atomic mass is 32.2. The molecule has 0 aliphatic carbocycles. The summed E-state index contributed by atoms with van der Waals surface area (Å²) in [5.41, 5.74) is 2.16. The summed E-state index contributed by atoms with van der Waals surface area (Å²) < 4.78 is 33.1. The summed E-state index contributed by atoms with van der Waals surface area (Å²) in [7, 11) is -2.01. The molecule has 0 unspecified atom stereocenters. The molecular weight excluding hydrogens is 466 g/mol. The van der Waals surface area contributed by atoms with Crippen LogP contribution in [0.5, 0.6) is 5.75 Å². The molecule has 35 heavy (non-hydrogen) atoms. The Balaban J connectivity index is 1.38. The summed E-state index contributed by atoms with van der Waals surface area (Å²) in [5.74, 6) is 1.34. The first-order chi connectivity index (χ1) is 16.9. The van der Waals surface area contributed by atoms with Gasteiger partial charge in [0.25, 0.3) is 0 Å². The summed E-state index contributed by atoms with van der Waals surface area (Å²) in [6, 6.07) is 17.7. The lowest BCUT2D eigenvalue weighted by Gasteiger charge is -2.34. The van der Waals surface area contributed by atoms with Gasteiger partial charge in [0.15, 0.2) is 5.82 Å². The molecule has 184 valence electrons. The Kier molecular flexibility index (Phi) is 7.62. The molecular formula is C25H29N5O4S. The van der Waals surface area contributed by atoms with Gasteiger partial charge in [0.1, 0.15) is 5.75 Å². The minimum atomic E-state index is -3.63. The summed E-state index contributed by atoms with van der Waals surface area (Å²) in [5, 5.41) is 11.5. The van der Waals surface area contributed by atoms with Crippen LogP contribution in [0.1, 0.15) is 19.8 Å². The Morgan fingerprint density at radius 2 is 1.69 bits per heavy atom. The second kappa shape index (κ2) is 10.8. The Labute approximate surface area is 205 Å². The summed E-state index contributed by atoms with van der Waals surface area (Å²) in [6.45, 7) is 3.62. The average molecular weight is 496 g/mol. The molecule has 1 saturated heterocycles. The van der Waals surface area contributed by atoms with Crippen molar-refractivity contribution in [2.75, 3.05) is 43.5 Å². The van der Waals surface area contributed by atoms with E-state index in [9.17, 15) is 13.2 Å². The van der Waals surface area contributed by atoms with Crippen molar-refractivity contribution < 1.29 is 17.9 Å². The molecule has 4 rings (SSSR count). The van der Waals surface area contributed by atoms with E-state index in [1.54, 1.807) is 19.2 Å². The van der Waals surface area contributed by atoms with Gasteiger partial charge in [-0.05, 0) is 55.0 Å². The molecule has 10 heteroatoms. The first-order valence-corrected chi connectivity index (χ1v) is 13.0. The number of hydrogen-bond donors (Lipinski definition) is 1. The van der Waals surface area contributed by atoms with Gasteiger partial charge in [-0.15, -0.1) is 10.2 Å². The van der Waals surface area contributed by atoms with Gasteiger partial charge in [-0.3, -0.25) is 4.79 Å². The molecule has 1 amide bonds. The maximum Gasteiger partial charge on any atom is 0.243 e. The molecule has 0 radical (unpaired) electrons. The van der Waals surface area contributed by atoms with Crippen molar-refractivity contribution >= 4 is 27.4 Å². The van der Waals surface area contributed by atoms with Crippen LogP contribution in [0.15, 0.2) is 65.6 Å². The fourth-order valence-corrected chi connectivity index (χ4v) is 5.38. The third kappa shape index (κ3) is 5.60. The molecule has 0 bridgehead atoms. The van der Waals surface area contributed by atoms with E-state index >= 15 is 0 Å². The van der Waals surface area contributed by atoms with Crippen LogP contribution in [-0.2, 0) is 14.8 Å². The van der Waals surface area contributed by atoms with Gasteiger partial charge in [0.05, 0.1) is 17.7 Å². The second-order valence-corrected chi connectivity index (χ2v) is 10.1. The number of nitrogens with one attached hydrogen (secondary N) is 1. The monoisotopic (exact) mass is 495 g/mol.